The van der Waals surface area contributed by atoms with Crippen LogP contribution < -0.4 is 0 Å². The van der Waals surface area contributed by atoms with Gasteiger partial charge in [-0.05, 0) is 18.8 Å². The van der Waals surface area contributed by atoms with Crippen LogP contribution >= 0.6 is 0 Å². The van der Waals surface area contributed by atoms with E-state index in [-0.39, 0.29) is 6.61 Å². The zero-order valence-corrected chi connectivity index (χ0v) is 4.30. The van der Waals surface area contributed by atoms with E-state index in [4.69, 9.17) is 5.11 Å². The molecule has 0 atom stereocenters. The fraction of sp³-hybridized carbons (Fsp3) is 0.667. The van der Waals surface area contributed by atoms with E-state index in [0.717, 1.165) is 5.92 Å². The van der Waals surface area contributed by atoms with Crippen LogP contribution in [0.4, 0.5) is 0 Å². The summed E-state index contributed by atoms with van der Waals surface area (Å²) in [5.41, 5.74) is 0. The van der Waals surface area contributed by atoms with Crippen molar-refractivity contribution < 1.29 is 5.11 Å². The van der Waals surface area contributed by atoms with E-state index >= 15 is 0 Å². The first-order valence-electron chi connectivity index (χ1n) is 2.71. The second-order valence-electron chi connectivity index (χ2n) is 1.95. The van der Waals surface area contributed by atoms with Gasteiger partial charge in [0.1, 0.15) is 0 Å². The number of hydrogen-bond acceptors (Lipinski definition) is 1. The van der Waals surface area contributed by atoms with Gasteiger partial charge in [-0.1, -0.05) is 12.2 Å². The highest BCUT2D eigenvalue weighted by molar-refractivity contribution is 4.95. The van der Waals surface area contributed by atoms with Crippen molar-refractivity contribution >= 4 is 0 Å². The first-order chi connectivity index (χ1) is 3.43. The summed E-state index contributed by atoms with van der Waals surface area (Å²) in [5.74, 6) is 0.812. The van der Waals surface area contributed by atoms with Gasteiger partial charge in [0.05, 0.1) is 6.61 Å². The molecule has 1 aliphatic carbocycles. The molecular weight excluding hydrogens is 88.1 g/mol. The maximum absolute atomic E-state index is 8.26. The molecule has 0 aromatic carbocycles. The number of aliphatic hydroxyl groups excluding tert-OH is 1. The predicted octanol–water partition coefficient (Wildman–Crippen LogP) is 0.945. The molecule has 1 nitrogen and oxygen atoms in total. The van der Waals surface area contributed by atoms with Crippen LogP contribution in [0, 0.1) is 5.92 Å². The summed E-state index contributed by atoms with van der Waals surface area (Å²) in [6, 6.07) is 0. The molecule has 1 N–H and O–H groups in total. The molecule has 0 amide bonds. The Kier molecular flexibility index (Phi) is 1.47. The van der Waals surface area contributed by atoms with Crippen LogP contribution in [0.5, 0.6) is 0 Å². The van der Waals surface area contributed by atoms with Crippen molar-refractivity contribution in [1.29, 1.82) is 0 Å². The smallest absolute Gasteiger partial charge is 0.0612 e. The first kappa shape index (κ1) is 4.85. The molecule has 0 unspecified atom stereocenters. The Morgan fingerprint density at radius 1 is 1.57 bits per heavy atom. The summed E-state index contributed by atoms with van der Waals surface area (Å²) < 4.78 is 0. The molecule has 0 aliphatic heterocycles. The molecule has 0 spiro atoms. The van der Waals surface area contributed by atoms with Crippen molar-refractivity contribution in [1.82, 2.24) is 0 Å². The normalized spacial score (nSPS) is 21.3. The summed E-state index contributed by atoms with van der Waals surface area (Å²) in [5, 5.41) is 8.26. The molecule has 1 aliphatic rings. The fourth-order valence-corrected chi connectivity index (χ4v) is 0.542. The van der Waals surface area contributed by atoms with Crippen molar-refractivity contribution in [2.24, 2.45) is 5.92 Å². The molecule has 7 heavy (non-hydrogen) atoms. The van der Waals surface area contributed by atoms with Crippen LogP contribution in [-0.4, -0.2) is 11.7 Å². The maximum Gasteiger partial charge on any atom is 0.0612 e. The van der Waals surface area contributed by atoms with Gasteiger partial charge in [-0.3, -0.25) is 0 Å². The average molecular weight is 98.1 g/mol. The summed E-state index contributed by atoms with van der Waals surface area (Å²) in [7, 11) is 0. The van der Waals surface area contributed by atoms with Gasteiger partial charge in [0, 0.05) is 0 Å². The largest absolute Gasteiger partial charge is 0.392 e. The van der Waals surface area contributed by atoms with Crippen LogP contribution in [0.15, 0.2) is 12.2 Å². The Balaban J connectivity index is 2.05. The van der Waals surface area contributed by atoms with E-state index in [9.17, 15) is 0 Å². The van der Waals surface area contributed by atoms with Crippen molar-refractivity contribution in [2.75, 3.05) is 6.61 Å². The third kappa shape index (κ3) is 1.74. The molecule has 0 aromatic rings. The lowest BCUT2D eigenvalue weighted by Crippen LogP contribution is -1.70. The van der Waals surface area contributed by atoms with Gasteiger partial charge in [-0.25, -0.2) is 0 Å². The van der Waals surface area contributed by atoms with E-state index in [0.29, 0.717) is 0 Å². The molecule has 1 rings (SSSR count). The number of hydrogen-bond donors (Lipinski definition) is 1. The van der Waals surface area contributed by atoms with Crippen LogP contribution in [0.3, 0.4) is 0 Å². The highest BCUT2D eigenvalue weighted by Gasteiger charge is 2.16. The Hall–Kier alpha value is -0.300. The first-order valence-corrected chi connectivity index (χ1v) is 2.71. The zero-order valence-electron chi connectivity index (χ0n) is 4.30. The van der Waals surface area contributed by atoms with Gasteiger partial charge in [0.2, 0.25) is 0 Å². The van der Waals surface area contributed by atoms with E-state index in [1.54, 1.807) is 0 Å². The Labute approximate surface area is 43.7 Å². The van der Waals surface area contributed by atoms with Crippen LogP contribution in [0.25, 0.3) is 0 Å². The second-order valence-corrected chi connectivity index (χ2v) is 1.95. The predicted molar refractivity (Wildman–Crippen MR) is 28.9 cm³/mol. The summed E-state index contributed by atoms with van der Waals surface area (Å²) >= 11 is 0. The van der Waals surface area contributed by atoms with Gasteiger partial charge >= 0.3 is 0 Å². The van der Waals surface area contributed by atoms with E-state index < -0.39 is 0 Å². The number of rotatable bonds is 2. The van der Waals surface area contributed by atoms with E-state index in [2.05, 4.69) is 6.08 Å². The molecule has 1 saturated carbocycles. The lowest BCUT2D eigenvalue weighted by Gasteiger charge is -1.75. The van der Waals surface area contributed by atoms with Gasteiger partial charge in [0.15, 0.2) is 0 Å². The third-order valence-electron chi connectivity index (χ3n) is 1.14. The quantitative estimate of drug-likeness (QED) is 0.510. The van der Waals surface area contributed by atoms with Crippen molar-refractivity contribution in [2.45, 2.75) is 12.8 Å². The Bertz CT molecular complexity index is 72.2. The lowest BCUT2D eigenvalue weighted by molar-refractivity contribution is 0.342. The second kappa shape index (κ2) is 2.12. The van der Waals surface area contributed by atoms with Crippen molar-refractivity contribution in [3.63, 3.8) is 0 Å². The monoisotopic (exact) mass is 98.1 g/mol. The molecule has 40 valence electrons. The van der Waals surface area contributed by atoms with Crippen LogP contribution in [0.2, 0.25) is 0 Å². The van der Waals surface area contributed by atoms with Gasteiger partial charge < -0.3 is 5.11 Å². The molecule has 0 bridgehead atoms. The Morgan fingerprint density at radius 2 is 2.29 bits per heavy atom. The molecule has 1 heteroatoms. The van der Waals surface area contributed by atoms with E-state index in [1.165, 1.54) is 12.8 Å². The standard InChI is InChI=1S/C6H10O/c7-5-1-2-6-3-4-6/h1-2,6-7H,3-5H2. The molecule has 0 heterocycles. The summed E-state index contributed by atoms with van der Waals surface area (Å²) in [6.45, 7) is 0.205. The molecule has 0 aromatic heterocycles. The summed E-state index contributed by atoms with van der Waals surface area (Å²) in [4.78, 5) is 0. The SMILES string of the molecule is OCC=CC1CC1. The van der Waals surface area contributed by atoms with Gasteiger partial charge in [-0.15, -0.1) is 0 Å². The van der Waals surface area contributed by atoms with Gasteiger partial charge in [-0.2, -0.15) is 0 Å². The molecular formula is C6H10O. The zero-order chi connectivity index (χ0) is 5.11. The third-order valence-corrected chi connectivity index (χ3v) is 1.14. The molecule has 0 saturated heterocycles. The topological polar surface area (TPSA) is 20.2 Å². The van der Waals surface area contributed by atoms with Crippen LogP contribution in [0.1, 0.15) is 12.8 Å². The van der Waals surface area contributed by atoms with Crippen LogP contribution in [-0.2, 0) is 0 Å². The lowest BCUT2D eigenvalue weighted by atomic mass is 10.4. The van der Waals surface area contributed by atoms with Gasteiger partial charge in [0.25, 0.3) is 0 Å². The minimum atomic E-state index is 0.205. The average Bonchev–Trinajstić information content (AvgIpc) is 2.42. The molecule has 0 radical (unpaired) electrons. The number of allylic oxidation sites excluding steroid dienone is 1. The number of aliphatic hydroxyl groups is 1. The Morgan fingerprint density at radius 3 is 2.71 bits per heavy atom. The van der Waals surface area contributed by atoms with Crippen molar-refractivity contribution in [3.05, 3.63) is 12.2 Å². The fourth-order valence-electron chi connectivity index (χ4n) is 0.542. The highest BCUT2D eigenvalue weighted by Crippen LogP contribution is 2.29. The maximum atomic E-state index is 8.26. The highest BCUT2D eigenvalue weighted by atomic mass is 16.2. The minimum absolute atomic E-state index is 0.205. The van der Waals surface area contributed by atoms with E-state index in [1.807, 2.05) is 6.08 Å². The van der Waals surface area contributed by atoms with Crippen molar-refractivity contribution in [3.8, 4) is 0 Å². The molecule has 1 fully saturated rings. The minimum Gasteiger partial charge on any atom is -0.392 e. The summed E-state index contributed by atoms with van der Waals surface area (Å²) in [6.07, 6.45) is 6.56.